The molecule has 0 heterocycles. The number of benzene rings is 2. The van der Waals surface area contributed by atoms with Gasteiger partial charge < -0.3 is 4.74 Å². The third-order valence-corrected chi connectivity index (χ3v) is 5.11. The Morgan fingerprint density at radius 3 is 1.90 bits per heavy atom. The molecule has 1 nitrogen and oxygen atoms in total. The highest BCUT2D eigenvalue weighted by atomic mass is 19.4. The first kappa shape index (κ1) is 21.6. The molecule has 3 rings (SSSR count). The molecule has 158 valence electrons. The number of alkyl halides is 6. The number of rotatable bonds is 4. The largest absolute Gasteiger partial charge is 0.416 e. The highest BCUT2D eigenvalue weighted by Crippen LogP contribution is 2.38. The maximum absolute atomic E-state index is 13.2. The molecule has 1 aliphatic rings. The summed E-state index contributed by atoms with van der Waals surface area (Å²) in [5, 5.41) is 0. The molecule has 2 aromatic rings. The third-order valence-electron chi connectivity index (χ3n) is 5.11. The molecular weight excluding hydrogens is 401 g/mol. The van der Waals surface area contributed by atoms with Gasteiger partial charge in [0.2, 0.25) is 0 Å². The van der Waals surface area contributed by atoms with E-state index in [4.69, 9.17) is 4.74 Å². The number of halogens is 7. The van der Waals surface area contributed by atoms with E-state index in [9.17, 15) is 30.7 Å². The molecule has 8 heteroatoms. The van der Waals surface area contributed by atoms with Crippen molar-refractivity contribution < 1.29 is 35.5 Å². The molecule has 1 fully saturated rings. The lowest BCUT2D eigenvalue weighted by Gasteiger charge is -2.32. The first-order valence-electron chi connectivity index (χ1n) is 9.19. The summed E-state index contributed by atoms with van der Waals surface area (Å²) in [6.07, 6.45) is -6.99. The fourth-order valence-electron chi connectivity index (χ4n) is 3.69. The van der Waals surface area contributed by atoms with Crippen LogP contribution in [0.25, 0.3) is 0 Å². The van der Waals surface area contributed by atoms with Gasteiger partial charge in [0, 0.05) is 5.92 Å². The zero-order valence-corrected chi connectivity index (χ0v) is 15.3. The summed E-state index contributed by atoms with van der Waals surface area (Å²) in [4.78, 5) is 0. The molecule has 29 heavy (non-hydrogen) atoms. The Bertz CT molecular complexity index is 792. The van der Waals surface area contributed by atoms with E-state index in [1.54, 1.807) is 12.1 Å². The van der Waals surface area contributed by atoms with Gasteiger partial charge in [-0.3, -0.25) is 0 Å². The summed E-state index contributed by atoms with van der Waals surface area (Å²) in [6, 6.07) is 7.38. The average Bonchev–Trinajstić information content (AvgIpc) is 2.66. The van der Waals surface area contributed by atoms with Crippen molar-refractivity contribution in [1.82, 2.24) is 0 Å². The van der Waals surface area contributed by atoms with E-state index in [1.165, 1.54) is 12.1 Å². The first-order valence-corrected chi connectivity index (χ1v) is 9.19. The zero-order chi connectivity index (χ0) is 21.2. The van der Waals surface area contributed by atoms with Crippen molar-refractivity contribution in [2.24, 2.45) is 0 Å². The Morgan fingerprint density at radius 1 is 0.793 bits per heavy atom. The second-order valence-corrected chi connectivity index (χ2v) is 7.21. The van der Waals surface area contributed by atoms with Crippen LogP contribution in [0.15, 0.2) is 42.5 Å². The van der Waals surface area contributed by atoms with Crippen LogP contribution in [0.3, 0.4) is 0 Å². The standard InChI is InChI=1S/C21H19F7O/c22-17-7-5-14(6-8-17)18-3-1-2-4-19(18)29-12-13-9-15(20(23,24)25)11-16(10-13)21(26,27)28/h5-11,18-19H,1-4,12H2/t18?,19-/m0/s1. The molecule has 1 unspecified atom stereocenters. The normalized spacial score (nSPS) is 20.7. The van der Waals surface area contributed by atoms with Crippen LogP contribution in [-0.2, 0) is 23.7 Å². The lowest BCUT2D eigenvalue weighted by Crippen LogP contribution is -2.26. The van der Waals surface area contributed by atoms with E-state index in [1.807, 2.05) is 0 Å². The van der Waals surface area contributed by atoms with E-state index in [2.05, 4.69) is 0 Å². The minimum Gasteiger partial charge on any atom is -0.373 e. The minimum absolute atomic E-state index is 0.0859. The lowest BCUT2D eigenvalue weighted by molar-refractivity contribution is -0.143. The van der Waals surface area contributed by atoms with E-state index < -0.39 is 23.5 Å². The lowest BCUT2D eigenvalue weighted by atomic mass is 9.81. The molecule has 0 bridgehead atoms. The summed E-state index contributed by atoms with van der Waals surface area (Å²) in [5.41, 5.74) is -2.05. The molecule has 0 spiro atoms. The molecule has 0 saturated heterocycles. The number of hydrogen-bond acceptors (Lipinski definition) is 1. The van der Waals surface area contributed by atoms with Gasteiger partial charge in [-0.25, -0.2) is 4.39 Å². The van der Waals surface area contributed by atoms with Crippen LogP contribution >= 0.6 is 0 Å². The summed E-state index contributed by atoms with van der Waals surface area (Å²) >= 11 is 0. The van der Waals surface area contributed by atoms with Crippen LogP contribution in [0.1, 0.15) is 53.9 Å². The molecule has 0 aliphatic heterocycles. The van der Waals surface area contributed by atoms with Crippen LogP contribution in [0.2, 0.25) is 0 Å². The molecule has 2 atom stereocenters. The Kier molecular flexibility index (Phi) is 6.22. The highest BCUT2D eigenvalue weighted by Gasteiger charge is 2.37. The van der Waals surface area contributed by atoms with Crippen LogP contribution in [-0.4, -0.2) is 6.10 Å². The fraction of sp³-hybridized carbons (Fsp3) is 0.429. The fourth-order valence-corrected chi connectivity index (χ4v) is 3.69. The summed E-state index contributed by atoms with van der Waals surface area (Å²) in [7, 11) is 0. The number of hydrogen-bond donors (Lipinski definition) is 0. The van der Waals surface area contributed by atoms with Crippen molar-refractivity contribution in [3.05, 3.63) is 70.5 Å². The van der Waals surface area contributed by atoms with E-state index in [-0.39, 0.29) is 36.1 Å². The number of ether oxygens (including phenoxy) is 1. The maximum atomic E-state index is 13.2. The van der Waals surface area contributed by atoms with Gasteiger partial charge in [-0.15, -0.1) is 0 Å². The van der Waals surface area contributed by atoms with Crippen molar-refractivity contribution in [2.75, 3.05) is 0 Å². The van der Waals surface area contributed by atoms with Crippen molar-refractivity contribution in [2.45, 2.75) is 56.7 Å². The smallest absolute Gasteiger partial charge is 0.373 e. The Morgan fingerprint density at radius 2 is 1.34 bits per heavy atom. The van der Waals surface area contributed by atoms with Gasteiger partial charge in [0.25, 0.3) is 0 Å². The van der Waals surface area contributed by atoms with E-state index in [0.717, 1.165) is 24.8 Å². The third kappa shape index (κ3) is 5.50. The summed E-state index contributed by atoms with van der Waals surface area (Å²) in [6.45, 7) is -0.366. The Balaban J connectivity index is 1.80. The SMILES string of the molecule is Fc1ccc(C2CCCC[C@@H]2OCc2cc(C(F)(F)F)cc(C(F)(F)F)c2)cc1. The first-order chi connectivity index (χ1) is 13.5. The van der Waals surface area contributed by atoms with Crippen LogP contribution in [0.4, 0.5) is 30.7 Å². The van der Waals surface area contributed by atoms with Crippen LogP contribution in [0, 0.1) is 5.82 Å². The predicted octanol–water partition coefficient (Wildman–Crippen LogP) is 7.11. The highest BCUT2D eigenvalue weighted by molar-refractivity contribution is 5.33. The van der Waals surface area contributed by atoms with Crippen molar-refractivity contribution in [1.29, 1.82) is 0 Å². The maximum Gasteiger partial charge on any atom is 0.416 e. The molecule has 1 saturated carbocycles. The molecule has 0 radical (unpaired) electrons. The molecule has 0 aromatic heterocycles. The Hall–Kier alpha value is -2.09. The summed E-state index contributed by atoms with van der Waals surface area (Å²) < 4.78 is 97.0. The van der Waals surface area contributed by atoms with Gasteiger partial charge >= 0.3 is 12.4 Å². The molecule has 1 aliphatic carbocycles. The van der Waals surface area contributed by atoms with Crippen LogP contribution in [0.5, 0.6) is 0 Å². The molecular formula is C21H19F7O. The van der Waals surface area contributed by atoms with Gasteiger partial charge in [-0.2, -0.15) is 26.3 Å². The van der Waals surface area contributed by atoms with Gasteiger partial charge in [-0.05, 0) is 54.3 Å². The van der Waals surface area contributed by atoms with Crippen molar-refractivity contribution in [3.63, 3.8) is 0 Å². The predicted molar refractivity (Wildman–Crippen MR) is 92.6 cm³/mol. The van der Waals surface area contributed by atoms with Gasteiger partial charge in [0.1, 0.15) is 5.82 Å². The summed E-state index contributed by atoms with van der Waals surface area (Å²) in [5.74, 6) is -0.470. The van der Waals surface area contributed by atoms with Crippen molar-refractivity contribution in [3.8, 4) is 0 Å². The second kappa shape index (κ2) is 8.34. The second-order valence-electron chi connectivity index (χ2n) is 7.21. The average molecular weight is 420 g/mol. The zero-order valence-electron chi connectivity index (χ0n) is 15.3. The monoisotopic (exact) mass is 420 g/mol. The molecule has 0 N–H and O–H groups in total. The van der Waals surface area contributed by atoms with E-state index in [0.29, 0.717) is 18.6 Å². The van der Waals surface area contributed by atoms with E-state index >= 15 is 0 Å². The Labute approximate surface area is 163 Å². The van der Waals surface area contributed by atoms with Crippen LogP contribution < -0.4 is 0 Å². The topological polar surface area (TPSA) is 9.23 Å². The quantitative estimate of drug-likeness (QED) is 0.479. The van der Waals surface area contributed by atoms with Gasteiger partial charge in [-0.1, -0.05) is 25.0 Å². The minimum atomic E-state index is -4.89. The van der Waals surface area contributed by atoms with Crippen molar-refractivity contribution >= 4 is 0 Å². The van der Waals surface area contributed by atoms with Gasteiger partial charge in [0.05, 0.1) is 23.8 Å². The molecule has 0 amide bonds. The van der Waals surface area contributed by atoms with Gasteiger partial charge in [0.15, 0.2) is 0 Å². The molecule has 2 aromatic carbocycles.